The number of hydrogen-bond acceptors (Lipinski definition) is 6. The number of hydrogen-bond donors (Lipinski definition) is 0. The van der Waals surface area contributed by atoms with Gasteiger partial charge < -0.3 is 14.2 Å². The lowest BCUT2D eigenvalue weighted by molar-refractivity contribution is -0.167. The minimum Gasteiger partial charge on any atom is -0.462 e. The first-order valence-electron chi connectivity index (χ1n) is 26.9. The van der Waals surface area contributed by atoms with Gasteiger partial charge in [-0.2, -0.15) is 0 Å². The van der Waals surface area contributed by atoms with Crippen molar-refractivity contribution >= 4 is 17.9 Å². The molecule has 0 aromatic heterocycles. The van der Waals surface area contributed by atoms with E-state index in [4.69, 9.17) is 14.2 Å². The molecule has 0 rings (SSSR count). The van der Waals surface area contributed by atoms with E-state index in [0.29, 0.717) is 19.3 Å². The lowest BCUT2D eigenvalue weighted by Crippen LogP contribution is -2.30. The van der Waals surface area contributed by atoms with Gasteiger partial charge in [0.2, 0.25) is 0 Å². The smallest absolute Gasteiger partial charge is 0.306 e. The highest BCUT2D eigenvalue weighted by molar-refractivity contribution is 5.71. The molecule has 0 aliphatic rings. The van der Waals surface area contributed by atoms with Gasteiger partial charge in [0.25, 0.3) is 0 Å². The van der Waals surface area contributed by atoms with E-state index in [-0.39, 0.29) is 31.1 Å². The maximum absolute atomic E-state index is 12.8. The molecule has 0 bridgehead atoms. The maximum Gasteiger partial charge on any atom is 0.306 e. The van der Waals surface area contributed by atoms with E-state index in [1.165, 1.54) is 109 Å². The standard InChI is InChI=1S/C58H100O6/c1-4-7-10-13-16-19-22-25-27-28-29-30-31-34-36-39-42-45-48-51-57(60)63-54-55(53-62-56(59)50-47-44-41-38-35-32-24-21-18-15-12-9-6-3)64-58(61)52-49-46-43-40-37-33-26-23-20-17-14-11-8-5-2/h7-8,10-11,16-17,19-20,25,27,32,35,55H,4-6,9,12-15,18,21-24,26,28-31,33-34,36-54H2,1-3H3/b10-7-,11-8-,19-16-,20-17-,27-25-,35-32-. The van der Waals surface area contributed by atoms with Gasteiger partial charge in [0.05, 0.1) is 0 Å². The largest absolute Gasteiger partial charge is 0.462 e. The molecule has 6 nitrogen and oxygen atoms in total. The number of ether oxygens (including phenoxy) is 3. The second-order valence-electron chi connectivity index (χ2n) is 17.7. The van der Waals surface area contributed by atoms with Crippen LogP contribution in [0.25, 0.3) is 0 Å². The Hall–Kier alpha value is -3.15. The molecule has 0 amide bonds. The zero-order valence-corrected chi connectivity index (χ0v) is 42.0. The van der Waals surface area contributed by atoms with E-state index >= 15 is 0 Å². The first-order valence-corrected chi connectivity index (χ1v) is 26.9. The quantitative estimate of drug-likeness (QED) is 0.0262. The third-order valence-corrected chi connectivity index (χ3v) is 11.4. The molecule has 0 aromatic rings. The minimum absolute atomic E-state index is 0.0860. The normalized spacial score (nSPS) is 12.6. The topological polar surface area (TPSA) is 78.9 Å². The molecule has 1 unspecified atom stereocenters. The van der Waals surface area contributed by atoms with Gasteiger partial charge in [-0.3, -0.25) is 14.4 Å². The zero-order valence-electron chi connectivity index (χ0n) is 42.0. The van der Waals surface area contributed by atoms with Crippen molar-refractivity contribution in [1.29, 1.82) is 0 Å². The summed E-state index contributed by atoms with van der Waals surface area (Å²) in [4.78, 5) is 38.0. The molecule has 0 radical (unpaired) electrons. The van der Waals surface area contributed by atoms with Crippen LogP contribution in [-0.4, -0.2) is 37.2 Å². The minimum atomic E-state index is -0.787. The Morgan fingerprint density at radius 1 is 0.328 bits per heavy atom. The van der Waals surface area contributed by atoms with E-state index in [1.807, 2.05) is 0 Å². The highest BCUT2D eigenvalue weighted by Crippen LogP contribution is 2.15. The maximum atomic E-state index is 12.8. The van der Waals surface area contributed by atoms with Crippen LogP contribution in [0.4, 0.5) is 0 Å². The van der Waals surface area contributed by atoms with Gasteiger partial charge in [0.1, 0.15) is 13.2 Å². The van der Waals surface area contributed by atoms with E-state index < -0.39 is 6.10 Å². The summed E-state index contributed by atoms with van der Waals surface area (Å²) >= 11 is 0. The molecule has 6 heteroatoms. The summed E-state index contributed by atoms with van der Waals surface area (Å²) in [6, 6.07) is 0. The van der Waals surface area contributed by atoms with Crippen LogP contribution in [0.2, 0.25) is 0 Å². The molecule has 0 fully saturated rings. The van der Waals surface area contributed by atoms with E-state index in [2.05, 4.69) is 93.7 Å². The molecule has 0 aliphatic heterocycles. The third kappa shape index (κ3) is 49.9. The second kappa shape index (κ2) is 52.5. The number of allylic oxidation sites excluding steroid dienone is 12. The average molecular weight is 893 g/mol. The van der Waals surface area contributed by atoms with Crippen molar-refractivity contribution in [3.8, 4) is 0 Å². The van der Waals surface area contributed by atoms with Gasteiger partial charge >= 0.3 is 17.9 Å². The van der Waals surface area contributed by atoms with Crippen LogP contribution >= 0.6 is 0 Å². The van der Waals surface area contributed by atoms with Crippen LogP contribution in [0.1, 0.15) is 258 Å². The fraction of sp³-hybridized carbons (Fsp3) is 0.741. The SMILES string of the molecule is CC/C=C\C/C=C\C/C=C\CCCCCCCCCCCC(=O)OCC(COC(=O)CCCCC/C=C\CCCCCCCC)OC(=O)CCCCCCCCC/C=C\C/C=C\CC. The lowest BCUT2D eigenvalue weighted by Gasteiger charge is -2.18. The average Bonchev–Trinajstić information content (AvgIpc) is 3.29. The Morgan fingerprint density at radius 2 is 0.609 bits per heavy atom. The molecule has 1 atom stereocenters. The monoisotopic (exact) mass is 893 g/mol. The predicted molar refractivity (Wildman–Crippen MR) is 274 cm³/mol. The first-order chi connectivity index (χ1) is 31.5. The fourth-order valence-electron chi connectivity index (χ4n) is 7.43. The molecule has 0 aromatic carbocycles. The molecule has 0 saturated carbocycles. The Balaban J connectivity index is 4.38. The molecule has 0 heterocycles. The van der Waals surface area contributed by atoms with Crippen LogP contribution in [0.15, 0.2) is 72.9 Å². The fourth-order valence-corrected chi connectivity index (χ4v) is 7.43. The highest BCUT2D eigenvalue weighted by Gasteiger charge is 2.19. The van der Waals surface area contributed by atoms with Gasteiger partial charge in [-0.1, -0.05) is 209 Å². The summed E-state index contributed by atoms with van der Waals surface area (Å²) in [5.41, 5.74) is 0. The van der Waals surface area contributed by atoms with Crippen molar-refractivity contribution in [3.63, 3.8) is 0 Å². The summed E-state index contributed by atoms with van der Waals surface area (Å²) < 4.78 is 16.8. The Labute approximate surface area is 395 Å². The van der Waals surface area contributed by atoms with Crippen LogP contribution in [0, 0.1) is 0 Å². The molecule has 64 heavy (non-hydrogen) atoms. The summed E-state index contributed by atoms with van der Waals surface area (Å²) in [5.74, 6) is -0.912. The summed E-state index contributed by atoms with van der Waals surface area (Å²) in [5, 5.41) is 0. The number of carbonyl (C=O) groups excluding carboxylic acids is 3. The summed E-state index contributed by atoms with van der Waals surface area (Å²) in [6.07, 6.45) is 66.0. The van der Waals surface area contributed by atoms with Gasteiger partial charge in [-0.15, -0.1) is 0 Å². The molecule has 368 valence electrons. The summed E-state index contributed by atoms with van der Waals surface area (Å²) in [7, 11) is 0. The van der Waals surface area contributed by atoms with Crippen molar-refractivity contribution in [2.24, 2.45) is 0 Å². The molecular formula is C58H100O6. The van der Waals surface area contributed by atoms with Gasteiger partial charge in [-0.05, 0) is 103 Å². The number of unbranched alkanes of at least 4 members (excludes halogenated alkanes) is 25. The van der Waals surface area contributed by atoms with Crippen LogP contribution in [-0.2, 0) is 28.6 Å². The molecular weight excluding hydrogens is 793 g/mol. The summed E-state index contributed by atoms with van der Waals surface area (Å²) in [6.45, 7) is 6.40. The van der Waals surface area contributed by atoms with Crippen molar-refractivity contribution in [2.75, 3.05) is 13.2 Å². The van der Waals surface area contributed by atoms with Gasteiger partial charge in [0.15, 0.2) is 6.10 Å². The second-order valence-corrected chi connectivity index (χ2v) is 17.7. The van der Waals surface area contributed by atoms with Gasteiger partial charge in [-0.25, -0.2) is 0 Å². The van der Waals surface area contributed by atoms with Crippen LogP contribution in [0.5, 0.6) is 0 Å². The van der Waals surface area contributed by atoms with Crippen molar-refractivity contribution in [1.82, 2.24) is 0 Å². The zero-order chi connectivity index (χ0) is 46.5. The van der Waals surface area contributed by atoms with Crippen molar-refractivity contribution in [2.45, 2.75) is 264 Å². The Kier molecular flexibility index (Phi) is 49.9. The first kappa shape index (κ1) is 60.9. The van der Waals surface area contributed by atoms with E-state index in [9.17, 15) is 14.4 Å². The van der Waals surface area contributed by atoms with Gasteiger partial charge in [0, 0.05) is 19.3 Å². The predicted octanol–water partition coefficient (Wildman–Crippen LogP) is 17.8. The Morgan fingerprint density at radius 3 is 0.984 bits per heavy atom. The van der Waals surface area contributed by atoms with E-state index in [0.717, 1.165) is 109 Å². The van der Waals surface area contributed by atoms with Crippen LogP contribution < -0.4 is 0 Å². The Bertz CT molecular complexity index is 1210. The van der Waals surface area contributed by atoms with Crippen molar-refractivity contribution in [3.05, 3.63) is 72.9 Å². The lowest BCUT2D eigenvalue weighted by atomic mass is 10.1. The highest BCUT2D eigenvalue weighted by atomic mass is 16.6. The molecule has 0 N–H and O–H groups in total. The van der Waals surface area contributed by atoms with Crippen molar-refractivity contribution < 1.29 is 28.6 Å². The number of rotatable bonds is 48. The molecule has 0 spiro atoms. The van der Waals surface area contributed by atoms with Crippen LogP contribution in [0.3, 0.4) is 0 Å². The molecule has 0 aliphatic carbocycles. The van der Waals surface area contributed by atoms with E-state index in [1.54, 1.807) is 0 Å². The number of esters is 3. The molecule has 0 saturated heterocycles. The third-order valence-electron chi connectivity index (χ3n) is 11.4. The number of carbonyl (C=O) groups is 3.